The minimum absolute atomic E-state index is 0.541. The fourth-order valence-electron chi connectivity index (χ4n) is 2.65. The van der Waals surface area contributed by atoms with Crippen LogP contribution in [0.5, 0.6) is 11.5 Å². The van der Waals surface area contributed by atoms with Crippen LogP contribution in [0.2, 0.25) is 0 Å². The van der Waals surface area contributed by atoms with Crippen molar-refractivity contribution in [2.24, 2.45) is 4.99 Å². The third-order valence-electron chi connectivity index (χ3n) is 4.03. The molecular weight excluding hydrogens is 342 g/mol. The molecule has 0 saturated heterocycles. The van der Waals surface area contributed by atoms with Crippen molar-refractivity contribution >= 4 is 11.6 Å². The van der Waals surface area contributed by atoms with Crippen LogP contribution in [-0.4, -0.2) is 49.2 Å². The molecular formula is C20H25N5O2. The molecule has 3 rings (SSSR count). The van der Waals surface area contributed by atoms with E-state index in [1.807, 2.05) is 53.1 Å². The molecule has 2 N–H and O–H groups in total. The number of aromatic nitrogens is 2. The maximum atomic E-state index is 5.69. The first-order valence-corrected chi connectivity index (χ1v) is 8.92. The van der Waals surface area contributed by atoms with Gasteiger partial charge in [-0.15, -0.1) is 0 Å². The van der Waals surface area contributed by atoms with Crippen LogP contribution in [0, 0.1) is 0 Å². The number of ether oxygens (including phenoxy) is 2. The van der Waals surface area contributed by atoms with Crippen molar-refractivity contribution in [3.8, 4) is 11.5 Å². The molecule has 7 nitrogen and oxygen atoms in total. The van der Waals surface area contributed by atoms with Crippen LogP contribution in [0.3, 0.4) is 0 Å². The molecule has 0 bridgehead atoms. The van der Waals surface area contributed by atoms with Gasteiger partial charge < -0.3 is 24.5 Å². The molecule has 27 heavy (non-hydrogen) atoms. The van der Waals surface area contributed by atoms with Crippen molar-refractivity contribution in [1.82, 2.24) is 20.0 Å². The number of rotatable bonds is 8. The van der Waals surface area contributed by atoms with Gasteiger partial charge in [0, 0.05) is 32.4 Å². The fourth-order valence-corrected chi connectivity index (χ4v) is 2.65. The SMILES string of the molecule is CN=C(NCCOc1ccc(OC)cc1)NCCc1cn2ccccc2n1. The summed E-state index contributed by atoms with van der Waals surface area (Å²) in [6.07, 6.45) is 4.88. The highest BCUT2D eigenvalue weighted by atomic mass is 16.5. The number of hydrogen-bond acceptors (Lipinski definition) is 4. The van der Waals surface area contributed by atoms with Crippen molar-refractivity contribution in [3.63, 3.8) is 0 Å². The van der Waals surface area contributed by atoms with Crippen molar-refractivity contribution in [1.29, 1.82) is 0 Å². The second-order valence-corrected chi connectivity index (χ2v) is 5.90. The van der Waals surface area contributed by atoms with Gasteiger partial charge >= 0.3 is 0 Å². The summed E-state index contributed by atoms with van der Waals surface area (Å²) in [4.78, 5) is 8.82. The average Bonchev–Trinajstić information content (AvgIpc) is 3.13. The number of imidazole rings is 1. The molecule has 7 heteroatoms. The molecule has 0 atom stereocenters. The molecule has 2 heterocycles. The molecule has 0 amide bonds. The largest absolute Gasteiger partial charge is 0.497 e. The van der Waals surface area contributed by atoms with Crippen LogP contribution in [0.15, 0.2) is 59.9 Å². The molecule has 2 aromatic heterocycles. The van der Waals surface area contributed by atoms with Crippen molar-refractivity contribution < 1.29 is 9.47 Å². The van der Waals surface area contributed by atoms with E-state index >= 15 is 0 Å². The third-order valence-corrected chi connectivity index (χ3v) is 4.03. The number of methoxy groups -OCH3 is 1. The van der Waals surface area contributed by atoms with Crippen LogP contribution >= 0.6 is 0 Å². The summed E-state index contributed by atoms with van der Waals surface area (Å²) >= 11 is 0. The van der Waals surface area contributed by atoms with Crippen molar-refractivity contribution in [2.75, 3.05) is 33.9 Å². The minimum atomic E-state index is 0.541. The second-order valence-electron chi connectivity index (χ2n) is 5.90. The van der Waals surface area contributed by atoms with Gasteiger partial charge in [0.15, 0.2) is 5.96 Å². The van der Waals surface area contributed by atoms with Gasteiger partial charge in [-0.2, -0.15) is 0 Å². The normalized spacial score (nSPS) is 11.4. The molecule has 3 aromatic rings. The predicted molar refractivity (Wildman–Crippen MR) is 107 cm³/mol. The number of hydrogen-bond donors (Lipinski definition) is 2. The van der Waals surface area contributed by atoms with Gasteiger partial charge in [-0.05, 0) is 36.4 Å². The lowest BCUT2D eigenvalue weighted by atomic mass is 10.3. The standard InChI is InChI=1S/C20H25N5O2/c1-21-20(23-12-14-27-18-8-6-17(26-2)7-9-18)22-11-10-16-15-25-13-4-3-5-19(25)24-16/h3-9,13,15H,10-12,14H2,1-2H3,(H2,21,22,23). The van der Waals surface area contributed by atoms with E-state index in [0.717, 1.165) is 41.8 Å². The van der Waals surface area contributed by atoms with E-state index in [1.165, 1.54) is 0 Å². The smallest absolute Gasteiger partial charge is 0.191 e. The van der Waals surface area contributed by atoms with Gasteiger partial charge in [0.1, 0.15) is 23.8 Å². The Bertz CT molecular complexity index is 840. The molecule has 0 aliphatic rings. The van der Waals surface area contributed by atoms with E-state index in [4.69, 9.17) is 9.47 Å². The predicted octanol–water partition coefficient (Wildman–Crippen LogP) is 2.13. The van der Waals surface area contributed by atoms with E-state index in [9.17, 15) is 0 Å². The Balaban J connectivity index is 1.36. The number of fused-ring (bicyclic) bond motifs is 1. The third kappa shape index (κ3) is 5.37. The summed E-state index contributed by atoms with van der Waals surface area (Å²) < 4.78 is 12.9. The molecule has 0 spiro atoms. The maximum Gasteiger partial charge on any atom is 0.191 e. The quantitative estimate of drug-likeness (QED) is 0.363. The summed E-state index contributed by atoms with van der Waals surface area (Å²) in [5.41, 5.74) is 2.01. The number of nitrogens with one attached hydrogen (secondary N) is 2. The Morgan fingerprint density at radius 1 is 1.07 bits per heavy atom. The maximum absolute atomic E-state index is 5.69. The lowest BCUT2D eigenvalue weighted by Crippen LogP contribution is -2.40. The van der Waals surface area contributed by atoms with E-state index in [0.29, 0.717) is 13.2 Å². The summed E-state index contributed by atoms with van der Waals surface area (Å²) in [7, 11) is 3.40. The van der Waals surface area contributed by atoms with E-state index in [1.54, 1.807) is 14.2 Å². The molecule has 0 radical (unpaired) electrons. The highest BCUT2D eigenvalue weighted by molar-refractivity contribution is 5.79. The molecule has 1 aromatic carbocycles. The first kappa shape index (κ1) is 18.6. The molecule has 0 unspecified atom stereocenters. The summed E-state index contributed by atoms with van der Waals surface area (Å²) in [6, 6.07) is 13.5. The summed E-state index contributed by atoms with van der Waals surface area (Å²) in [5.74, 6) is 2.38. The number of pyridine rings is 1. The molecule has 0 aliphatic carbocycles. The Morgan fingerprint density at radius 3 is 2.59 bits per heavy atom. The zero-order chi connectivity index (χ0) is 18.9. The number of aliphatic imine (C=N–C) groups is 1. The molecule has 142 valence electrons. The van der Waals surface area contributed by atoms with Crippen LogP contribution in [0.25, 0.3) is 5.65 Å². The Hall–Kier alpha value is -3.22. The van der Waals surface area contributed by atoms with Crippen molar-refractivity contribution in [2.45, 2.75) is 6.42 Å². The molecule has 0 aliphatic heterocycles. The van der Waals surface area contributed by atoms with E-state index in [-0.39, 0.29) is 0 Å². The van der Waals surface area contributed by atoms with Crippen LogP contribution in [-0.2, 0) is 6.42 Å². The van der Waals surface area contributed by atoms with Gasteiger partial charge in [0.2, 0.25) is 0 Å². The Kier molecular flexibility index (Phi) is 6.51. The first-order valence-electron chi connectivity index (χ1n) is 8.92. The Labute approximate surface area is 159 Å². The highest BCUT2D eigenvalue weighted by Crippen LogP contribution is 2.16. The molecule has 0 saturated carbocycles. The van der Waals surface area contributed by atoms with Gasteiger partial charge in [-0.1, -0.05) is 6.07 Å². The van der Waals surface area contributed by atoms with E-state index in [2.05, 4.69) is 26.8 Å². The fraction of sp³-hybridized carbons (Fsp3) is 0.300. The van der Waals surface area contributed by atoms with Gasteiger partial charge in [0.05, 0.1) is 19.3 Å². The minimum Gasteiger partial charge on any atom is -0.497 e. The number of guanidine groups is 1. The van der Waals surface area contributed by atoms with Gasteiger partial charge in [0.25, 0.3) is 0 Å². The first-order chi connectivity index (χ1) is 13.3. The summed E-state index contributed by atoms with van der Waals surface area (Å²) in [6.45, 7) is 1.95. The van der Waals surface area contributed by atoms with Gasteiger partial charge in [-0.3, -0.25) is 4.99 Å². The number of nitrogens with zero attached hydrogens (tertiary/aromatic N) is 3. The summed E-state index contributed by atoms with van der Waals surface area (Å²) in [5, 5.41) is 6.53. The Morgan fingerprint density at radius 2 is 1.85 bits per heavy atom. The number of benzene rings is 1. The van der Waals surface area contributed by atoms with Crippen molar-refractivity contribution in [3.05, 3.63) is 60.6 Å². The average molecular weight is 367 g/mol. The lowest BCUT2D eigenvalue weighted by molar-refractivity contribution is 0.321. The van der Waals surface area contributed by atoms with Crippen LogP contribution in [0.4, 0.5) is 0 Å². The topological polar surface area (TPSA) is 72.2 Å². The highest BCUT2D eigenvalue weighted by Gasteiger charge is 2.02. The van der Waals surface area contributed by atoms with Gasteiger partial charge in [-0.25, -0.2) is 4.98 Å². The van der Waals surface area contributed by atoms with Crippen LogP contribution < -0.4 is 20.1 Å². The lowest BCUT2D eigenvalue weighted by Gasteiger charge is -2.12. The zero-order valence-electron chi connectivity index (χ0n) is 15.7. The monoisotopic (exact) mass is 367 g/mol. The second kappa shape index (κ2) is 9.47. The molecule has 0 fully saturated rings. The zero-order valence-corrected chi connectivity index (χ0v) is 15.7. The van der Waals surface area contributed by atoms with Crippen LogP contribution in [0.1, 0.15) is 5.69 Å². The van der Waals surface area contributed by atoms with E-state index < -0.39 is 0 Å².